The summed E-state index contributed by atoms with van der Waals surface area (Å²) in [5.74, 6) is -1.07. The van der Waals surface area contributed by atoms with Crippen molar-refractivity contribution in [3.05, 3.63) is 35.6 Å². The second-order valence-electron chi connectivity index (χ2n) is 7.05. The second kappa shape index (κ2) is 9.88. The molecular weight excluding hydrogens is 365 g/mol. The normalized spacial score (nSPS) is 22.9. The molecule has 0 bridgehead atoms. The lowest BCUT2D eigenvalue weighted by Crippen LogP contribution is -2.30. The molecule has 1 heterocycles. The van der Waals surface area contributed by atoms with E-state index in [1.54, 1.807) is 12.1 Å². The third-order valence-electron chi connectivity index (χ3n) is 4.96. The molecule has 1 aliphatic carbocycles. The van der Waals surface area contributed by atoms with E-state index in [1.165, 1.54) is 56.0 Å². The molecule has 27 heavy (non-hydrogen) atoms. The molecule has 1 saturated heterocycles. The smallest absolute Gasteiger partial charge is 0.254 e. The van der Waals surface area contributed by atoms with Crippen molar-refractivity contribution in [2.24, 2.45) is 4.99 Å². The molecule has 1 saturated carbocycles. The van der Waals surface area contributed by atoms with Gasteiger partial charge in [-0.15, -0.1) is 0 Å². The molecule has 0 aromatic heterocycles. The summed E-state index contributed by atoms with van der Waals surface area (Å²) in [6, 6.07) is 6.17. The summed E-state index contributed by atoms with van der Waals surface area (Å²) in [5.41, 5.74) is 0.0209. The molecule has 1 unspecified atom stereocenters. The quantitative estimate of drug-likeness (QED) is 0.805. The summed E-state index contributed by atoms with van der Waals surface area (Å²) >= 11 is 1.44. The molecule has 3 rings (SSSR count). The molecule has 7 heteroatoms. The van der Waals surface area contributed by atoms with Crippen LogP contribution >= 0.6 is 11.8 Å². The van der Waals surface area contributed by atoms with E-state index in [0.717, 1.165) is 12.8 Å². The number of halogens is 1. The van der Waals surface area contributed by atoms with E-state index in [4.69, 9.17) is 4.99 Å². The maximum atomic E-state index is 13.6. The van der Waals surface area contributed by atoms with Crippen molar-refractivity contribution in [2.75, 3.05) is 6.54 Å². The summed E-state index contributed by atoms with van der Waals surface area (Å²) in [5, 5.41) is 5.99. The third kappa shape index (κ3) is 5.79. The predicted octanol–water partition coefficient (Wildman–Crippen LogP) is 3.65. The summed E-state index contributed by atoms with van der Waals surface area (Å²) in [6.45, 7) is 0.314. The van der Waals surface area contributed by atoms with Crippen molar-refractivity contribution in [3.8, 4) is 0 Å². The number of amides is 2. The Bertz CT molecular complexity index is 702. The maximum Gasteiger partial charge on any atom is 0.254 e. The molecule has 0 spiro atoms. The van der Waals surface area contributed by atoms with E-state index in [9.17, 15) is 14.0 Å². The Kier molecular flexibility index (Phi) is 7.26. The first kappa shape index (κ1) is 19.9. The molecule has 1 atom stereocenters. The van der Waals surface area contributed by atoms with Crippen LogP contribution in [0, 0.1) is 5.82 Å². The summed E-state index contributed by atoms with van der Waals surface area (Å²) < 4.78 is 13.6. The first-order valence-electron chi connectivity index (χ1n) is 9.71. The van der Waals surface area contributed by atoms with Crippen molar-refractivity contribution in [3.63, 3.8) is 0 Å². The molecule has 1 aliphatic heterocycles. The van der Waals surface area contributed by atoms with Crippen LogP contribution in [0.3, 0.4) is 0 Å². The molecule has 146 valence electrons. The van der Waals surface area contributed by atoms with Crippen LogP contribution in [0.5, 0.6) is 0 Å². The number of hydrogen-bond donors (Lipinski definition) is 2. The standard InChI is InChI=1S/C20H26FN3O2S/c21-16-11-7-6-10-15(16)18(25)22-13-12-17-19(26)24-20(27-17)23-14-8-4-2-1-3-5-9-14/h6-7,10-11,14,17H,1-5,8-9,12-13H2,(H,22,25)(H,23,24,26). The number of nitrogens with zero attached hydrogens (tertiary/aromatic N) is 1. The van der Waals surface area contributed by atoms with Gasteiger partial charge in [-0.05, 0) is 31.4 Å². The Labute approximate surface area is 163 Å². The Morgan fingerprint density at radius 1 is 1.19 bits per heavy atom. The molecule has 2 aliphatic rings. The zero-order chi connectivity index (χ0) is 19.1. The number of thioether (sulfide) groups is 1. The number of carbonyl (C=O) groups excluding carboxylic acids is 2. The topological polar surface area (TPSA) is 70.6 Å². The van der Waals surface area contributed by atoms with E-state index < -0.39 is 11.7 Å². The highest BCUT2D eigenvalue weighted by molar-refractivity contribution is 8.15. The maximum absolute atomic E-state index is 13.6. The van der Waals surface area contributed by atoms with Crippen molar-refractivity contribution < 1.29 is 14.0 Å². The summed E-state index contributed by atoms with van der Waals surface area (Å²) in [4.78, 5) is 28.9. The van der Waals surface area contributed by atoms with E-state index in [2.05, 4.69) is 10.6 Å². The lowest BCUT2D eigenvalue weighted by atomic mass is 9.97. The average Bonchev–Trinajstić information content (AvgIpc) is 2.97. The highest BCUT2D eigenvalue weighted by Crippen LogP contribution is 2.25. The van der Waals surface area contributed by atoms with Gasteiger partial charge in [0.1, 0.15) is 5.82 Å². The van der Waals surface area contributed by atoms with Crippen LogP contribution in [0.15, 0.2) is 29.3 Å². The Morgan fingerprint density at radius 2 is 1.89 bits per heavy atom. The van der Waals surface area contributed by atoms with Gasteiger partial charge in [0.2, 0.25) is 5.91 Å². The van der Waals surface area contributed by atoms with Crippen molar-refractivity contribution in [2.45, 2.75) is 62.7 Å². The van der Waals surface area contributed by atoms with Crippen LogP contribution < -0.4 is 10.6 Å². The van der Waals surface area contributed by atoms with Gasteiger partial charge in [0.05, 0.1) is 16.9 Å². The monoisotopic (exact) mass is 391 g/mol. The lowest BCUT2D eigenvalue weighted by Gasteiger charge is -2.16. The van der Waals surface area contributed by atoms with E-state index >= 15 is 0 Å². The fourth-order valence-corrected chi connectivity index (χ4v) is 4.48. The van der Waals surface area contributed by atoms with E-state index in [-0.39, 0.29) is 16.7 Å². The SMILES string of the molecule is O=C(NCCC1SC(=NC2CCCCCCC2)NC1=O)c1ccccc1F. The van der Waals surface area contributed by atoms with Gasteiger partial charge in [0, 0.05) is 6.54 Å². The van der Waals surface area contributed by atoms with Gasteiger partial charge in [0.15, 0.2) is 5.17 Å². The first-order valence-corrected chi connectivity index (χ1v) is 10.6. The average molecular weight is 392 g/mol. The van der Waals surface area contributed by atoms with Crippen molar-refractivity contribution in [1.29, 1.82) is 0 Å². The largest absolute Gasteiger partial charge is 0.352 e. The number of aliphatic imine (C=N–C) groups is 1. The molecule has 5 nitrogen and oxygen atoms in total. The minimum atomic E-state index is -0.545. The van der Waals surface area contributed by atoms with Crippen LogP contribution in [0.1, 0.15) is 61.7 Å². The van der Waals surface area contributed by atoms with Gasteiger partial charge in [0.25, 0.3) is 5.91 Å². The van der Waals surface area contributed by atoms with E-state index in [1.807, 2.05) is 0 Å². The van der Waals surface area contributed by atoms with Crippen LogP contribution in [-0.2, 0) is 4.79 Å². The fourth-order valence-electron chi connectivity index (χ4n) is 3.44. The van der Waals surface area contributed by atoms with Crippen molar-refractivity contribution in [1.82, 2.24) is 10.6 Å². The van der Waals surface area contributed by atoms with Gasteiger partial charge < -0.3 is 10.6 Å². The van der Waals surface area contributed by atoms with E-state index in [0.29, 0.717) is 24.2 Å². The lowest BCUT2D eigenvalue weighted by molar-refractivity contribution is -0.118. The van der Waals surface area contributed by atoms with Gasteiger partial charge in [-0.25, -0.2) is 4.39 Å². The van der Waals surface area contributed by atoms with Gasteiger partial charge in [-0.3, -0.25) is 14.6 Å². The van der Waals surface area contributed by atoms with Gasteiger partial charge >= 0.3 is 0 Å². The second-order valence-corrected chi connectivity index (χ2v) is 8.24. The molecular formula is C20H26FN3O2S. The third-order valence-corrected chi connectivity index (χ3v) is 6.13. The molecule has 2 fully saturated rings. The number of hydrogen-bond acceptors (Lipinski definition) is 4. The Morgan fingerprint density at radius 3 is 2.63 bits per heavy atom. The number of nitrogens with one attached hydrogen (secondary N) is 2. The first-order chi connectivity index (χ1) is 13.1. The Balaban J connectivity index is 1.47. The summed E-state index contributed by atoms with van der Waals surface area (Å²) in [6.07, 6.45) is 8.91. The zero-order valence-electron chi connectivity index (χ0n) is 15.4. The van der Waals surface area contributed by atoms with Gasteiger partial charge in [-0.1, -0.05) is 56.0 Å². The molecule has 1 aromatic carbocycles. The molecule has 1 aromatic rings. The number of carbonyl (C=O) groups is 2. The van der Waals surface area contributed by atoms with Crippen LogP contribution in [0.4, 0.5) is 4.39 Å². The Hall–Kier alpha value is -1.89. The number of benzene rings is 1. The van der Waals surface area contributed by atoms with Gasteiger partial charge in [-0.2, -0.15) is 0 Å². The minimum absolute atomic E-state index is 0.0209. The highest BCUT2D eigenvalue weighted by Gasteiger charge is 2.30. The highest BCUT2D eigenvalue weighted by atomic mass is 32.2. The fraction of sp³-hybridized carbons (Fsp3) is 0.550. The van der Waals surface area contributed by atoms with Crippen LogP contribution in [0.25, 0.3) is 0 Å². The van der Waals surface area contributed by atoms with Crippen LogP contribution in [0.2, 0.25) is 0 Å². The zero-order valence-corrected chi connectivity index (χ0v) is 16.2. The summed E-state index contributed by atoms with van der Waals surface area (Å²) in [7, 11) is 0. The number of amidine groups is 1. The molecule has 2 N–H and O–H groups in total. The number of rotatable bonds is 5. The van der Waals surface area contributed by atoms with Crippen LogP contribution in [-0.4, -0.2) is 34.8 Å². The molecule has 0 radical (unpaired) electrons. The molecule has 2 amide bonds. The minimum Gasteiger partial charge on any atom is -0.352 e. The van der Waals surface area contributed by atoms with Crippen molar-refractivity contribution >= 4 is 28.7 Å². The predicted molar refractivity (Wildman–Crippen MR) is 106 cm³/mol.